The van der Waals surface area contributed by atoms with E-state index in [1.807, 2.05) is 12.1 Å². The minimum atomic E-state index is -0.339. The van der Waals surface area contributed by atoms with Crippen molar-refractivity contribution in [1.29, 1.82) is 0 Å². The molecular weight excluding hydrogens is 309 g/mol. The highest BCUT2D eigenvalue weighted by Gasteiger charge is 2.07. The molecule has 0 radical (unpaired) electrons. The molecule has 19 heavy (non-hydrogen) atoms. The first-order chi connectivity index (χ1) is 9.11. The zero-order valence-corrected chi connectivity index (χ0v) is 12.2. The summed E-state index contributed by atoms with van der Waals surface area (Å²) in [6.45, 7) is 2.60. The molecule has 0 aliphatic carbocycles. The van der Waals surface area contributed by atoms with Gasteiger partial charge in [0.05, 0.1) is 28.1 Å². The van der Waals surface area contributed by atoms with Crippen LogP contribution in [-0.4, -0.2) is 4.98 Å². The Kier molecular flexibility index (Phi) is 4.37. The maximum Gasteiger partial charge on any atom is 0.139 e. The molecule has 0 saturated heterocycles. The van der Waals surface area contributed by atoms with Crippen molar-refractivity contribution in [1.82, 2.24) is 4.98 Å². The number of rotatable bonds is 4. The number of halogens is 2. The van der Waals surface area contributed by atoms with Crippen LogP contribution in [-0.2, 0) is 13.0 Å². The van der Waals surface area contributed by atoms with E-state index in [9.17, 15) is 4.39 Å². The first kappa shape index (κ1) is 13.8. The molecule has 3 nitrogen and oxygen atoms in total. The molecule has 100 valence electrons. The van der Waals surface area contributed by atoms with Gasteiger partial charge in [-0.3, -0.25) is 4.98 Å². The van der Waals surface area contributed by atoms with Gasteiger partial charge in [0.15, 0.2) is 0 Å². The number of nitrogens with two attached hydrogens (primary N) is 1. The van der Waals surface area contributed by atoms with Gasteiger partial charge in [-0.15, -0.1) is 0 Å². The number of nitrogen functional groups attached to an aromatic ring is 1. The third-order valence-corrected chi connectivity index (χ3v) is 3.51. The van der Waals surface area contributed by atoms with Crippen molar-refractivity contribution in [3.63, 3.8) is 0 Å². The summed E-state index contributed by atoms with van der Waals surface area (Å²) in [5.41, 5.74) is 9.05. The SMILES string of the molecule is CCc1cccnc1CNc1cc(F)c(Br)cc1N. The molecule has 1 aromatic heterocycles. The molecule has 0 aliphatic rings. The highest BCUT2D eigenvalue weighted by atomic mass is 79.9. The highest BCUT2D eigenvalue weighted by Crippen LogP contribution is 2.26. The minimum absolute atomic E-state index is 0.339. The Labute approximate surface area is 120 Å². The largest absolute Gasteiger partial charge is 0.397 e. The Morgan fingerprint density at radius 1 is 1.42 bits per heavy atom. The summed E-state index contributed by atoms with van der Waals surface area (Å²) in [5.74, 6) is -0.339. The number of hydrogen-bond donors (Lipinski definition) is 2. The van der Waals surface area contributed by atoms with Crippen LogP contribution in [0.25, 0.3) is 0 Å². The van der Waals surface area contributed by atoms with Gasteiger partial charge in [-0.25, -0.2) is 4.39 Å². The second-order valence-electron chi connectivity index (χ2n) is 4.17. The van der Waals surface area contributed by atoms with Gasteiger partial charge >= 0.3 is 0 Å². The van der Waals surface area contributed by atoms with Crippen LogP contribution in [0.5, 0.6) is 0 Å². The second-order valence-corrected chi connectivity index (χ2v) is 5.02. The molecule has 0 saturated carbocycles. The number of aromatic nitrogens is 1. The fourth-order valence-corrected chi connectivity index (χ4v) is 2.21. The van der Waals surface area contributed by atoms with Crippen LogP contribution < -0.4 is 11.1 Å². The van der Waals surface area contributed by atoms with E-state index in [2.05, 4.69) is 33.2 Å². The average Bonchev–Trinajstić information content (AvgIpc) is 2.41. The van der Waals surface area contributed by atoms with E-state index in [0.29, 0.717) is 22.4 Å². The van der Waals surface area contributed by atoms with Gasteiger partial charge in [-0.05, 0) is 40.0 Å². The summed E-state index contributed by atoms with van der Waals surface area (Å²) in [4.78, 5) is 4.33. The number of hydrogen-bond acceptors (Lipinski definition) is 3. The maximum absolute atomic E-state index is 13.5. The van der Waals surface area contributed by atoms with Crippen LogP contribution in [0.1, 0.15) is 18.2 Å². The van der Waals surface area contributed by atoms with Crippen molar-refractivity contribution in [3.8, 4) is 0 Å². The van der Waals surface area contributed by atoms with E-state index in [1.54, 1.807) is 12.3 Å². The minimum Gasteiger partial charge on any atom is -0.397 e. The normalized spacial score (nSPS) is 10.5. The molecule has 2 aromatic rings. The summed E-state index contributed by atoms with van der Waals surface area (Å²) < 4.78 is 13.8. The third-order valence-electron chi connectivity index (χ3n) is 2.90. The molecule has 0 spiro atoms. The fourth-order valence-electron chi connectivity index (χ4n) is 1.85. The standard InChI is InChI=1S/C14H15BrFN3/c1-2-9-4-3-5-18-14(9)8-19-13-7-11(16)10(15)6-12(13)17/h3-7,19H,2,8,17H2,1H3. The van der Waals surface area contributed by atoms with Crippen molar-refractivity contribution in [3.05, 3.63) is 52.0 Å². The molecular formula is C14H15BrFN3. The van der Waals surface area contributed by atoms with Crippen molar-refractivity contribution >= 4 is 27.3 Å². The summed E-state index contributed by atoms with van der Waals surface area (Å²) in [6.07, 6.45) is 2.66. The zero-order valence-electron chi connectivity index (χ0n) is 10.6. The molecule has 0 atom stereocenters. The monoisotopic (exact) mass is 323 g/mol. The summed E-state index contributed by atoms with van der Waals surface area (Å²) >= 11 is 3.10. The Morgan fingerprint density at radius 2 is 2.21 bits per heavy atom. The van der Waals surface area contributed by atoms with Gasteiger partial charge in [0, 0.05) is 12.3 Å². The van der Waals surface area contributed by atoms with E-state index >= 15 is 0 Å². The summed E-state index contributed by atoms with van der Waals surface area (Å²) in [5, 5.41) is 3.12. The van der Waals surface area contributed by atoms with E-state index < -0.39 is 0 Å². The van der Waals surface area contributed by atoms with E-state index in [4.69, 9.17) is 5.73 Å². The highest BCUT2D eigenvalue weighted by molar-refractivity contribution is 9.10. The number of pyridine rings is 1. The Balaban J connectivity index is 2.17. The number of nitrogens with zero attached hydrogens (tertiary/aromatic N) is 1. The first-order valence-corrected chi connectivity index (χ1v) is 6.82. The predicted molar refractivity (Wildman–Crippen MR) is 79.5 cm³/mol. The first-order valence-electron chi connectivity index (χ1n) is 6.03. The lowest BCUT2D eigenvalue weighted by Crippen LogP contribution is -2.07. The van der Waals surface area contributed by atoms with Crippen molar-refractivity contribution in [2.24, 2.45) is 0 Å². The molecule has 0 unspecified atom stereocenters. The lowest BCUT2D eigenvalue weighted by molar-refractivity contribution is 0.621. The second kappa shape index (κ2) is 6.02. The number of nitrogens with one attached hydrogen (secondary N) is 1. The molecule has 1 aromatic carbocycles. The predicted octanol–water partition coefficient (Wildman–Crippen LogP) is 3.74. The molecule has 0 fully saturated rings. The zero-order chi connectivity index (χ0) is 13.8. The van der Waals surface area contributed by atoms with Crippen molar-refractivity contribution in [2.45, 2.75) is 19.9 Å². The average molecular weight is 324 g/mol. The number of aryl methyl sites for hydroxylation is 1. The third kappa shape index (κ3) is 3.23. The Hall–Kier alpha value is -1.62. The van der Waals surface area contributed by atoms with Crippen molar-refractivity contribution < 1.29 is 4.39 Å². The van der Waals surface area contributed by atoms with E-state index in [-0.39, 0.29) is 5.82 Å². The van der Waals surface area contributed by atoms with Gasteiger partial charge in [-0.2, -0.15) is 0 Å². The van der Waals surface area contributed by atoms with Gasteiger partial charge in [0.25, 0.3) is 0 Å². The fraction of sp³-hybridized carbons (Fsp3) is 0.214. The van der Waals surface area contributed by atoms with Crippen LogP contribution in [0.15, 0.2) is 34.9 Å². The summed E-state index contributed by atoms with van der Waals surface area (Å²) in [7, 11) is 0. The smallest absolute Gasteiger partial charge is 0.139 e. The summed E-state index contributed by atoms with van der Waals surface area (Å²) in [6, 6.07) is 6.89. The molecule has 2 rings (SSSR count). The molecule has 0 bridgehead atoms. The quantitative estimate of drug-likeness (QED) is 0.843. The number of benzene rings is 1. The molecule has 0 amide bonds. The van der Waals surface area contributed by atoms with Crippen LogP contribution in [0.2, 0.25) is 0 Å². The van der Waals surface area contributed by atoms with Crippen LogP contribution in [0.4, 0.5) is 15.8 Å². The van der Waals surface area contributed by atoms with Crippen LogP contribution >= 0.6 is 15.9 Å². The van der Waals surface area contributed by atoms with Gasteiger partial charge in [-0.1, -0.05) is 13.0 Å². The molecule has 5 heteroatoms. The molecule has 1 heterocycles. The molecule has 3 N–H and O–H groups in total. The molecule has 0 aliphatic heterocycles. The maximum atomic E-state index is 13.5. The van der Waals surface area contributed by atoms with E-state index in [1.165, 1.54) is 11.6 Å². The van der Waals surface area contributed by atoms with Crippen molar-refractivity contribution in [2.75, 3.05) is 11.1 Å². The number of anilines is 2. The lowest BCUT2D eigenvalue weighted by Gasteiger charge is -2.12. The topological polar surface area (TPSA) is 50.9 Å². The Bertz CT molecular complexity index is 587. The lowest BCUT2D eigenvalue weighted by atomic mass is 10.1. The van der Waals surface area contributed by atoms with Crippen LogP contribution in [0.3, 0.4) is 0 Å². The van der Waals surface area contributed by atoms with Gasteiger partial charge in [0.1, 0.15) is 5.82 Å². The Morgan fingerprint density at radius 3 is 2.95 bits per heavy atom. The van der Waals surface area contributed by atoms with Gasteiger partial charge < -0.3 is 11.1 Å². The van der Waals surface area contributed by atoms with Gasteiger partial charge in [0.2, 0.25) is 0 Å². The van der Waals surface area contributed by atoms with Crippen LogP contribution in [0, 0.1) is 5.82 Å². The van der Waals surface area contributed by atoms with E-state index in [0.717, 1.165) is 12.1 Å².